The SMILES string of the molecule is N#CCOc1ccccc1/C=C1/SC(=O)N(CC(=O)N2CCN(c3ccccc3)CC2)C1=O. The highest BCUT2D eigenvalue weighted by Gasteiger charge is 2.37. The van der Waals surface area contributed by atoms with Crippen LogP contribution in [0.3, 0.4) is 0 Å². The van der Waals surface area contributed by atoms with E-state index in [1.54, 1.807) is 35.2 Å². The van der Waals surface area contributed by atoms with Gasteiger partial charge in [-0.15, -0.1) is 0 Å². The number of ether oxygens (including phenoxy) is 1. The van der Waals surface area contributed by atoms with E-state index in [4.69, 9.17) is 10.00 Å². The van der Waals surface area contributed by atoms with Gasteiger partial charge < -0.3 is 14.5 Å². The van der Waals surface area contributed by atoms with E-state index in [1.807, 2.05) is 36.4 Å². The van der Waals surface area contributed by atoms with Crippen LogP contribution in [0.25, 0.3) is 6.08 Å². The third kappa shape index (κ3) is 5.18. The van der Waals surface area contributed by atoms with E-state index >= 15 is 0 Å². The molecule has 0 radical (unpaired) electrons. The number of nitriles is 1. The van der Waals surface area contributed by atoms with Gasteiger partial charge in [0.1, 0.15) is 18.4 Å². The second-order valence-electron chi connectivity index (χ2n) is 7.46. The third-order valence-electron chi connectivity index (χ3n) is 5.42. The average molecular weight is 463 g/mol. The predicted octanol–water partition coefficient (Wildman–Crippen LogP) is 2.97. The molecular weight excluding hydrogens is 440 g/mol. The summed E-state index contributed by atoms with van der Waals surface area (Å²) in [6, 6.07) is 18.8. The average Bonchev–Trinajstić information content (AvgIpc) is 3.11. The lowest BCUT2D eigenvalue weighted by Crippen LogP contribution is -2.51. The van der Waals surface area contributed by atoms with Gasteiger partial charge in [0, 0.05) is 37.4 Å². The van der Waals surface area contributed by atoms with Crippen LogP contribution in [0.1, 0.15) is 5.56 Å². The molecule has 0 atom stereocenters. The van der Waals surface area contributed by atoms with E-state index in [0.717, 1.165) is 22.3 Å². The molecule has 0 N–H and O–H groups in total. The molecule has 4 rings (SSSR count). The van der Waals surface area contributed by atoms with Crippen molar-refractivity contribution in [1.29, 1.82) is 5.26 Å². The molecule has 0 aliphatic carbocycles. The maximum Gasteiger partial charge on any atom is 0.294 e. The highest BCUT2D eigenvalue weighted by Crippen LogP contribution is 2.34. The van der Waals surface area contributed by atoms with Gasteiger partial charge in [-0.1, -0.05) is 36.4 Å². The molecule has 33 heavy (non-hydrogen) atoms. The van der Waals surface area contributed by atoms with Crippen LogP contribution in [-0.2, 0) is 9.59 Å². The Morgan fingerprint density at radius 2 is 1.73 bits per heavy atom. The Balaban J connectivity index is 1.38. The lowest BCUT2D eigenvalue weighted by Gasteiger charge is -2.36. The van der Waals surface area contributed by atoms with Crippen LogP contribution in [-0.4, -0.2) is 66.2 Å². The maximum absolute atomic E-state index is 12.8. The van der Waals surface area contributed by atoms with Crippen molar-refractivity contribution >= 4 is 40.6 Å². The minimum Gasteiger partial charge on any atom is -0.478 e. The number of imide groups is 1. The normalized spacial score (nSPS) is 17.4. The zero-order valence-electron chi connectivity index (χ0n) is 17.8. The minimum absolute atomic E-state index is 0.127. The zero-order valence-corrected chi connectivity index (χ0v) is 18.7. The van der Waals surface area contributed by atoms with Gasteiger partial charge in [-0.2, -0.15) is 5.26 Å². The summed E-state index contributed by atoms with van der Waals surface area (Å²) >= 11 is 0.794. The monoisotopic (exact) mass is 462 g/mol. The fourth-order valence-corrected chi connectivity index (χ4v) is 4.54. The Hall–Kier alpha value is -3.77. The van der Waals surface area contributed by atoms with Gasteiger partial charge >= 0.3 is 0 Å². The second kappa shape index (κ2) is 10.2. The fourth-order valence-electron chi connectivity index (χ4n) is 3.71. The van der Waals surface area contributed by atoms with Crippen LogP contribution in [0.2, 0.25) is 0 Å². The van der Waals surface area contributed by atoms with Gasteiger partial charge in [-0.3, -0.25) is 19.3 Å². The Morgan fingerprint density at radius 3 is 2.45 bits per heavy atom. The predicted molar refractivity (Wildman–Crippen MR) is 125 cm³/mol. The quantitative estimate of drug-likeness (QED) is 0.609. The van der Waals surface area contributed by atoms with Gasteiger partial charge in [-0.25, -0.2) is 0 Å². The van der Waals surface area contributed by atoms with Crippen LogP contribution in [0, 0.1) is 11.3 Å². The van der Waals surface area contributed by atoms with Crippen LogP contribution in [0.5, 0.6) is 5.75 Å². The topological polar surface area (TPSA) is 93.9 Å². The number of carbonyl (C=O) groups is 3. The first-order valence-electron chi connectivity index (χ1n) is 10.5. The number of nitrogens with zero attached hydrogens (tertiary/aromatic N) is 4. The summed E-state index contributed by atoms with van der Waals surface area (Å²) in [5.41, 5.74) is 1.70. The number of thioether (sulfide) groups is 1. The third-order valence-corrected chi connectivity index (χ3v) is 6.33. The number of benzene rings is 2. The number of rotatable bonds is 6. The van der Waals surface area contributed by atoms with E-state index in [2.05, 4.69) is 4.90 Å². The molecule has 9 heteroatoms. The Morgan fingerprint density at radius 1 is 1.03 bits per heavy atom. The van der Waals surface area contributed by atoms with E-state index in [0.29, 0.717) is 37.5 Å². The molecule has 168 valence electrons. The van der Waals surface area contributed by atoms with Crippen molar-refractivity contribution in [1.82, 2.24) is 9.80 Å². The molecule has 0 bridgehead atoms. The number of para-hydroxylation sites is 2. The molecule has 0 spiro atoms. The van der Waals surface area contributed by atoms with Gasteiger partial charge in [0.2, 0.25) is 5.91 Å². The number of hydrogen-bond donors (Lipinski definition) is 0. The summed E-state index contributed by atoms with van der Waals surface area (Å²) in [6.45, 7) is 2.04. The number of hydrogen-bond acceptors (Lipinski definition) is 7. The molecule has 8 nitrogen and oxygen atoms in total. The highest BCUT2D eigenvalue weighted by molar-refractivity contribution is 8.18. The summed E-state index contributed by atoms with van der Waals surface area (Å²) in [5.74, 6) is -0.307. The van der Waals surface area contributed by atoms with E-state index in [9.17, 15) is 14.4 Å². The summed E-state index contributed by atoms with van der Waals surface area (Å²) in [6.07, 6.45) is 1.56. The van der Waals surface area contributed by atoms with Crippen molar-refractivity contribution in [2.24, 2.45) is 0 Å². The summed E-state index contributed by atoms with van der Waals surface area (Å²) in [7, 11) is 0. The summed E-state index contributed by atoms with van der Waals surface area (Å²) in [4.78, 5) is 43.2. The smallest absolute Gasteiger partial charge is 0.294 e. The standard InChI is InChI=1S/C24H22N4O4S/c25-10-15-32-20-9-5-4-6-18(20)16-21-23(30)28(24(31)33-21)17-22(29)27-13-11-26(12-14-27)19-7-2-1-3-8-19/h1-9,16H,11-15,17H2/b21-16+. The number of amides is 3. The van der Waals surface area contributed by atoms with Crippen molar-refractivity contribution in [3.8, 4) is 11.8 Å². The van der Waals surface area contributed by atoms with Crippen LogP contribution >= 0.6 is 11.8 Å². The molecule has 2 aliphatic rings. The highest BCUT2D eigenvalue weighted by atomic mass is 32.2. The first-order valence-corrected chi connectivity index (χ1v) is 11.3. The zero-order chi connectivity index (χ0) is 23.2. The minimum atomic E-state index is -0.503. The molecular formula is C24H22N4O4S. The summed E-state index contributed by atoms with van der Waals surface area (Å²) < 4.78 is 5.38. The van der Waals surface area contributed by atoms with Crippen molar-refractivity contribution in [2.45, 2.75) is 0 Å². The van der Waals surface area contributed by atoms with Gasteiger partial charge in [0.15, 0.2) is 6.61 Å². The van der Waals surface area contributed by atoms with Gasteiger partial charge in [0.25, 0.3) is 11.1 Å². The lowest BCUT2D eigenvalue weighted by atomic mass is 10.2. The van der Waals surface area contributed by atoms with Gasteiger partial charge in [-0.05, 0) is 36.0 Å². The van der Waals surface area contributed by atoms with Crippen molar-refractivity contribution in [3.05, 3.63) is 65.1 Å². The Labute approximate surface area is 196 Å². The number of anilines is 1. The number of piperazine rings is 1. The first-order chi connectivity index (χ1) is 16.1. The molecule has 2 aromatic rings. The Kier molecular flexibility index (Phi) is 6.95. The molecule has 2 saturated heterocycles. The summed E-state index contributed by atoms with van der Waals surface area (Å²) in [5, 5.41) is 8.27. The lowest BCUT2D eigenvalue weighted by molar-refractivity contribution is -0.136. The van der Waals surface area contributed by atoms with E-state index in [-0.39, 0.29) is 24.0 Å². The van der Waals surface area contributed by atoms with Crippen LogP contribution < -0.4 is 9.64 Å². The molecule has 0 aromatic heterocycles. The van der Waals surface area contributed by atoms with Crippen LogP contribution in [0.15, 0.2) is 59.5 Å². The second-order valence-corrected chi connectivity index (χ2v) is 8.45. The van der Waals surface area contributed by atoms with E-state index < -0.39 is 11.1 Å². The molecule has 0 unspecified atom stereocenters. The van der Waals surface area contributed by atoms with Crippen molar-refractivity contribution < 1.29 is 19.1 Å². The molecule has 0 saturated carbocycles. The molecule has 2 heterocycles. The van der Waals surface area contributed by atoms with E-state index in [1.165, 1.54) is 0 Å². The van der Waals surface area contributed by atoms with Crippen molar-refractivity contribution in [3.63, 3.8) is 0 Å². The number of carbonyl (C=O) groups excluding carboxylic acids is 3. The van der Waals surface area contributed by atoms with Crippen molar-refractivity contribution in [2.75, 3.05) is 44.2 Å². The Bertz CT molecular complexity index is 1120. The first kappa shape index (κ1) is 22.4. The molecule has 2 fully saturated rings. The van der Waals surface area contributed by atoms with Crippen LogP contribution in [0.4, 0.5) is 10.5 Å². The fraction of sp³-hybridized carbons (Fsp3) is 0.250. The molecule has 2 aromatic carbocycles. The maximum atomic E-state index is 12.8. The molecule has 2 aliphatic heterocycles. The van der Waals surface area contributed by atoms with Gasteiger partial charge in [0.05, 0.1) is 4.91 Å². The molecule has 3 amide bonds. The largest absolute Gasteiger partial charge is 0.478 e.